The molecule has 0 radical (unpaired) electrons. The molecule has 0 aliphatic rings. The van der Waals surface area contributed by atoms with Crippen molar-refractivity contribution >= 4 is 0 Å². The molecule has 8 heteroatoms. The van der Waals surface area contributed by atoms with Crippen molar-refractivity contribution in [3.8, 4) is 11.3 Å². The molecule has 1 aromatic carbocycles. The van der Waals surface area contributed by atoms with E-state index in [1.165, 1.54) is 6.07 Å². The van der Waals surface area contributed by atoms with Crippen LogP contribution in [0.3, 0.4) is 0 Å². The third-order valence-corrected chi connectivity index (χ3v) is 3.62. The van der Waals surface area contributed by atoms with Crippen LogP contribution in [0.1, 0.15) is 29.9 Å². The lowest BCUT2D eigenvalue weighted by atomic mass is 10.1. The zero-order valence-corrected chi connectivity index (χ0v) is 13.0. The quantitative estimate of drug-likeness (QED) is 0.734. The van der Waals surface area contributed by atoms with Crippen LogP contribution in [0, 0.1) is 6.92 Å². The lowest BCUT2D eigenvalue weighted by Crippen LogP contribution is -2.09. The van der Waals surface area contributed by atoms with Crippen molar-refractivity contribution in [3.05, 3.63) is 59.8 Å². The van der Waals surface area contributed by atoms with Crippen molar-refractivity contribution in [1.82, 2.24) is 25.0 Å². The Labute approximate surface area is 136 Å². The molecule has 2 aromatic heterocycles. The van der Waals surface area contributed by atoms with E-state index in [2.05, 4.69) is 20.3 Å². The molecular weight excluding hydrogens is 319 g/mol. The standard InChI is InChI=1S/C16H14F3N5/c1-10-7-21-14(8-20-10)11(2)24-9-15(22-23-24)12-4-3-5-13(6-12)16(17,18)19/h3-9,11H,1-2H3. The first-order chi connectivity index (χ1) is 11.3. The first kappa shape index (κ1) is 16.1. The molecule has 0 fully saturated rings. The van der Waals surface area contributed by atoms with E-state index in [0.29, 0.717) is 17.0 Å². The normalized spacial score (nSPS) is 13.0. The van der Waals surface area contributed by atoms with E-state index in [4.69, 9.17) is 0 Å². The second-order valence-electron chi connectivity index (χ2n) is 5.42. The predicted octanol–water partition coefficient (Wildman–Crippen LogP) is 3.67. The first-order valence-electron chi connectivity index (χ1n) is 7.22. The minimum absolute atomic E-state index is 0.231. The monoisotopic (exact) mass is 333 g/mol. The second-order valence-corrected chi connectivity index (χ2v) is 5.42. The third kappa shape index (κ3) is 3.27. The Morgan fingerprint density at radius 2 is 1.92 bits per heavy atom. The summed E-state index contributed by atoms with van der Waals surface area (Å²) in [5.41, 5.74) is 1.51. The molecule has 0 amide bonds. The molecule has 0 aliphatic heterocycles. The highest BCUT2D eigenvalue weighted by Crippen LogP contribution is 2.31. The van der Waals surface area contributed by atoms with Gasteiger partial charge in [0.25, 0.3) is 0 Å². The van der Waals surface area contributed by atoms with Crippen molar-refractivity contribution < 1.29 is 13.2 Å². The summed E-state index contributed by atoms with van der Waals surface area (Å²) in [5.74, 6) is 0. The van der Waals surface area contributed by atoms with Gasteiger partial charge in [0, 0.05) is 11.8 Å². The molecule has 0 aliphatic carbocycles. The van der Waals surface area contributed by atoms with E-state index in [1.54, 1.807) is 29.3 Å². The summed E-state index contributed by atoms with van der Waals surface area (Å²) in [4.78, 5) is 8.46. The molecule has 3 aromatic rings. The maximum absolute atomic E-state index is 12.8. The minimum Gasteiger partial charge on any atom is -0.258 e. The molecular formula is C16H14F3N5. The summed E-state index contributed by atoms with van der Waals surface area (Å²) < 4.78 is 40.0. The molecule has 0 N–H and O–H groups in total. The number of benzene rings is 1. The van der Waals surface area contributed by atoms with E-state index in [9.17, 15) is 13.2 Å². The van der Waals surface area contributed by atoms with Crippen LogP contribution in [0.25, 0.3) is 11.3 Å². The van der Waals surface area contributed by atoms with E-state index in [1.807, 2.05) is 13.8 Å². The van der Waals surface area contributed by atoms with Gasteiger partial charge in [-0.25, -0.2) is 4.68 Å². The van der Waals surface area contributed by atoms with Crippen molar-refractivity contribution in [3.63, 3.8) is 0 Å². The summed E-state index contributed by atoms with van der Waals surface area (Å²) in [6.07, 6.45) is 0.501. The number of rotatable bonds is 3. The summed E-state index contributed by atoms with van der Waals surface area (Å²) in [5, 5.41) is 7.97. The Balaban J connectivity index is 1.89. The lowest BCUT2D eigenvalue weighted by Gasteiger charge is -2.10. The molecule has 0 spiro atoms. The van der Waals surface area contributed by atoms with Gasteiger partial charge < -0.3 is 0 Å². The van der Waals surface area contributed by atoms with Crippen LogP contribution in [-0.4, -0.2) is 25.0 Å². The average molecular weight is 333 g/mol. The minimum atomic E-state index is -4.39. The van der Waals surface area contributed by atoms with Crippen molar-refractivity contribution in [2.24, 2.45) is 0 Å². The van der Waals surface area contributed by atoms with E-state index in [-0.39, 0.29) is 6.04 Å². The molecule has 124 valence electrons. The number of aromatic nitrogens is 5. The molecule has 24 heavy (non-hydrogen) atoms. The van der Waals surface area contributed by atoms with Gasteiger partial charge in [-0.3, -0.25) is 9.97 Å². The predicted molar refractivity (Wildman–Crippen MR) is 81.0 cm³/mol. The Bertz CT molecular complexity index is 839. The van der Waals surface area contributed by atoms with Gasteiger partial charge in [-0.05, 0) is 26.0 Å². The van der Waals surface area contributed by atoms with Crippen LogP contribution in [-0.2, 0) is 6.18 Å². The Hall–Kier alpha value is -2.77. The van der Waals surface area contributed by atoms with Gasteiger partial charge in [0.2, 0.25) is 0 Å². The van der Waals surface area contributed by atoms with Crippen LogP contribution in [0.2, 0.25) is 0 Å². The van der Waals surface area contributed by atoms with Gasteiger partial charge in [0.15, 0.2) is 0 Å². The second kappa shape index (κ2) is 6.03. The molecule has 3 rings (SSSR count). The summed E-state index contributed by atoms with van der Waals surface area (Å²) in [6, 6.07) is 4.78. The maximum Gasteiger partial charge on any atom is 0.416 e. The first-order valence-corrected chi connectivity index (χ1v) is 7.22. The summed E-state index contributed by atoms with van der Waals surface area (Å²) in [7, 11) is 0. The van der Waals surface area contributed by atoms with Gasteiger partial charge in [-0.2, -0.15) is 13.2 Å². The molecule has 0 saturated heterocycles. The fourth-order valence-corrected chi connectivity index (χ4v) is 2.21. The Kier molecular flexibility index (Phi) is 4.04. The smallest absolute Gasteiger partial charge is 0.258 e. The average Bonchev–Trinajstić information content (AvgIpc) is 3.04. The van der Waals surface area contributed by atoms with Gasteiger partial charge in [-0.1, -0.05) is 17.3 Å². The fourth-order valence-electron chi connectivity index (χ4n) is 2.21. The van der Waals surface area contributed by atoms with Crippen molar-refractivity contribution in [2.75, 3.05) is 0 Å². The fraction of sp³-hybridized carbons (Fsp3) is 0.250. The van der Waals surface area contributed by atoms with Gasteiger partial charge in [0.1, 0.15) is 5.69 Å². The van der Waals surface area contributed by atoms with Crippen LogP contribution in [0.5, 0.6) is 0 Å². The largest absolute Gasteiger partial charge is 0.416 e. The van der Waals surface area contributed by atoms with E-state index >= 15 is 0 Å². The van der Waals surface area contributed by atoms with E-state index < -0.39 is 11.7 Å². The Morgan fingerprint density at radius 3 is 2.58 bits per heavy atom. The van der Waals surface area contributed by atoms with Gasteiger partial charge in [-0.15, -0.1) is 5.10 Å². The lowest BCUT2D eigenvalue weighted by molar-refractivity contribution is -0.137. The van der Waals surface area contributed by atoms with Gasteiger partial charge >= 0.3 is 6.18 Å². The van der Waals surface area contributed by atoms with Gasteiger partial charge in [0.05, 0.1) is 35.4 Å². The van der Waals surface area contributed by atoms with Crippen molar-refractivity contribution in [1.29, 1.82) is 0 Å². The number of nitrogens with zero attached hydrogens (tertiary/aromatic N) is 5. The van der Waals surface area contributed by atoms with Crippen molar-refractivity contribution in [2.45, 2.75) is 26.1 Å². The van der Waals surface area contributed by atoms with Crippen LogP contribution < -0.4 is 0 Å². The summed E-state index contributed by atoms with van der Waals surface area (Å²) >= 11 is 0. The van der Waals surface area contributed by atoms with Crippen LogP contribution in [0.4, 0.5) is 13.2 Å². The van der Waals surface area contributed by atoms with Crippen LogP contribution in [0.15, 0.2) is 42.9 Å². The SMILES string of the molecule is Cc1cnc(C(C)n2cc(-c3cccc(C(F)(F)F)c3)nn2)cn1. The maximum atomic E-state index is 12.8. The highest BCUT2D eigenvalue weighted by atomic mass is 19.4. The van der Waals surface area contributed by atoms with E-state index in [0.717, 1.165) is 17.8 Å². The third-order valence-electron chi connectivity index (χ3n) is 3.62. The molecule has 1 unspecified atom stereocenters. The number of hydrogen-bond donors (Lipinski definition) is 0. The zero-order chi connectivity index (χ0) is 17.3. The molecule has 2 heterocycles. The molecule has 0 saturated carbocycles. The molecule has 1 atom stereocenters. The summed E-state index contributed by atoms with van der Waals surface area (Å²) in [6.45, 7) is 3.70. The Morgan fingerprint density at radius 1 is 1.12 bits per heavy atom. The number of hydrogen-bond acceptors (Lipinski definition) is 4. The molecule has 0 bridgehead atoms. The number of aryl methyl sites for hydroxylation is 1. The molecule has 5 nitrogen and oxygen atoms in total. The highest BCUT2D eigenvalue weighted by Gasteiger charge is 2.30. The van der Waals surface area contributed by atoms with Crippen LogP contribution >= 0.6 is 0 Å². The highest BCUT2D eigenvalue weighted by molar-refractivity contribution is 5.59. The topological polar surface area (TPSA) is 56.5 Å². The number of halogens is 3. The zero-order valence-electron chi connectivity index (χ0n) is 13.0. The number of alkyl halides is 3.